The molecule has 0 fully saturated rings. The molecule has 3 heterocycles. The van der Waals surface area contributed by atoms with Gasteiger partial charge in [-0.2, -0.15) is 39.5 Å². The third kappa shape index (κ3) is 8.96. The SMILES string of the molecule is FC(F)(F)c1cc(-c2nc(-c3ccccc3)cc(-c3ccccc3)n2)c(-n2c3ccccc3c3ccc(-c4ccc(C(F)(F)F)cc4C(F)(F)F)cc32)c(-c2nc(-c3ccccc3)cc(-c3ccccc3)n2)c1. The molecule has 0 unspecified atom stereocenters. The summed E-state index contributed by atoms with van der Waals surface area (Å²) in [5.41, 5.74) is -0.454. The normalized spacial score (nSPS) is 12.2. The van der Waals surface area contributed by atoms with Crippen LogP contribution >= 0.6 is 0 Å². The first-order chi connectivity index (χ1) is 35.1. The van der Waals surface area contributed by atoms with Gasteiger partial charge < -0.3 is 4.57 Å². The third-order valence-corrected chi connectivity index (χ3v) is 12.5. The van der Waals surface area contributed by atoms with Crippen LogP contribution in [0.15, 0.2) is 206 Å². The maximum absolute atomic E-state index is 15.8. The lowest BCUT2D eigenvalue weighted by atomic mass is 9.95. The summed E-state index contributed by atoms with van der Waals surface area (Å²) >= 11 is 0. The molecule has 0 aliphatic heterocycles. The zero-order chi connectivity index (χ0) is 50.6. The molecular formula is C59H34F9N5. The molecule has 0 saturated heterocycles. The van der Waals surface area contributed by atoms with Crippen molar-refractivity contribution < 1.29 is 39.5 Å². The molecule has 3 aromatic heterocycles. The Balaban J connectivity index is 1.31. The van der Waals surface area contributed by atoms with Crippen molar-refractivity contribution >= 4 is 21.8 Å². The summed E-state index contributed by atoms with van der Waals surface area (Å²) in [6, 6.07) is 54.1. The first kappa shape index (κ1) is 46.5. The van der Waals surface area contributed by atoms with Crippen LogP contribution in [0.4, 0.5) is 39.5 Å². The second-order valence-electron chi connectivity index (χ2n) is 17.1. The molecule has 0 aliphatic rings. The Morgan fingerprint density at radius 3 is 1.14 bits per heavy atom. The van der Waals surface area contributed by atoms with Crippen LogP contribution in [-0.4, -0.2) is 24.5 Å². The van der Waals surface area contributed by atoms with E-state index in [1.165, 1.54) is 12.1 Å². The summed E-state index contributed by atoms with van der Waals surface area (Å²) in [5, 5.41) is 1.02. The predicted molar refractivity (Wildman–Crippen MR) is 265 cm³/mol. The topological polar surface area (TPSA) is 56.5 Å². The van der Waals surface area contributed by atoms with Crippen molar-refractivity contribution in [1.29, 1.82) is 0 Å². The average Bonchev–Trinajstić information content (AvgIpc) is 3.73. The first-order valence-electron chi connectivity index (χ1n) is 22.7. The standard InChI is InChI=1S/C59H34F9N5/c60-57(61,62)40-26-28-42(47(32-40)59(66,67)68)39-25-27-44-43-23-13-14-24-52(43)73(53(44)29-39)54-45(55-69-48(35-15-5-1-6-16-35)33-49(70-55)36-17-7-2-8-18-36)30-41(58(63,64)65)31-46(54)56-71-50(37-19-9-3-10-20-37)34-51(72-56)38-21-11-4-12-22-38/h1-34H. The van der Waals surface area contributed by atoms with Gasteiger partial charge in [-0.3, -0.25) is 0 Å². The van der Waals surface area contributed by atoms with E-state index in [4.69, 9.17) is 19.9 Å². The zero-order valence-corrected chi connectivity index (χ0v) is 37.8. The number of rotatable bonds is 8. The number of aromatic nitrogens is 5. The Morgan fingerprint density at radius 2 is 0.712 bits per heavy atom. The fourth-order valence-corrected chi connectivity index (χ4v) is 9.13. The Hall–Kier alpha value is -8.91. The van der Waals surface area contributed by atoms with Crippen LogP contribution in [-0.2, 0) is 18.5 Å². The highest BCUT2D eigenvalue weighted by Gasteiger charge is 2.39. The van der Waals surface area contributed by atoms with Crippen molar-refractivity contribution in [3.8, 4) is 84.6 Å². The van der Waals surface area contributed by atoms with Crippen molar-refractivity contribution in [2.45, 2.75) is 18.5 Å². The van der Waals surface area contributed by atoms with Crippen molar-refractivity contribution in [2.24, 2.45) is 0 Å². The molecule has 358 valence electrons. The number of hydrogen-bond donors (Lipinski definition) is 0. The van der Waals surface area contributed by atoms with Gasteiger partial charge in [0.2, 0.25) is 0 Å². The molecule has 14 heteroatoms. The van der Waals surface area contributed by atoms with Crippen molar-refractivity contribution in [1.82, 2.24) is 24.5 Å². The first-order valence-corrected chi connectivity index (χ1v) is 22.7. The van der Waals surface area contributed by atoms with E-state index in [0.29, 0.717) is 67.4 Å². The van der Waals surface area contributed by atoms with E-state index in [9.17, 15) is 26.3 Å². The van der Waals surface area contributed by atoms with Gasteiger partial charge in [0.1, 0.15) is 0 Å². The molecule has 0 spiro atoms. The zero-order valence-electron chi connectivity index (χ0n) is 37.8. The summed E-state index contributed by atoms with van der Waals surface area (Å²) in [5.74, 6) is -0.288. The van der Waals surface area contributed by atoms with Crippen molar-refractivity contribution in [2.75, 3.05) is 0 Å². The summed E-state index contributed by atoms with van der Waals surface area (Å²) in [4.78, 5) is 20.0. The molecule has 5 nitrogen and oxygen atoms in total. The Labute approximate surface area is 410 Å². The monoisotopic (exact) mass is 983 g/mol. The lowest BCUT2D eigenvalue weighted by Gasteiger charge is -2.22. The highest BCUT2D eigenvalue weighted by molar-refractivity contribution is 6.11. The van der Waals surface area contributed by atoms with Crippen LogP contribution in [0.2, 0.25) is 0 Å². The van der Waals surface area contributed by atoms with E-state index in [1.54, 1.807) is 144 Å². The number of para-hydroxylation sites is 1. The van der Waals surface area contributed by atoms with Gasteiger partial charge in [0, 0.05) is 44.2 Å². The molecule has 11 aromatic rings. The molecule has 11 rings (SSSR count). The average molecular weight is 984 g/mol. The Kier molecular flexibility index (Phi) is 11.5. The number of nitrogens with zero attached hydrogens (tertiary/aromatic N) is 5. The number of fused-ring (bicyclic) bond motifs is 3. The molecule has 0 bridgehead atoms. The van der Waals surface area contributed by atoms with E-state index >= 15 is 13.2 Å². The molecule has 73 heavy (non-hydrogen) atoms. The van der Waals surface area contributed by atoms with Gasteiger partial charge >= 0.3 is 18.5 Å². The molecule has 8 aromatic carbocycles. The Morgan fingerprint density at radius 1 is 0.301 bits per heavy atom. The maximum atomic E-state index is 15.8. The lowest BCUT2D eigenvalue weighted by Crippen LogP contribution is -2.12. The van der Waals surface area contributed by atoms with Gasteiger partial charge in [0.25, 0.3) is 0 Å². The smallest absolute Gasteiger partial charge is 0.308 e. The van der Waals surface area contributed by atoms with E-state index < -0.39 is 40.8 Å². The summed E-state index contributed by atoms with van der Waals surface area (Å²) in [7, 11) is 0. The van der Waals surface area contributed by atoms with Gasteiger partial charge in [-0.25, -0.2) is 19.9 Å². The van der Waals surface area contributed by atoms with Gasteiger partial charge in [0.05, 0.1) is 56.2 Å². The molecular weight excluding hydrogens is 950 g/mol. The van der Waals surface area contributed by atoms with E-state index in [-0.39, 0.29) is 45.6 Å². The summed E-state index contributed by atoms with van der Waals surface area (Å²) < 4.78 is 135. The molecule has 0 atom stereocenters. The largest absolute Gasteiger partial charge is 0.417 e. The minimum absolute atomic E-state index is 0.0354. The molecule has 0 saturated carbocycles. The minimum atomic E-state index is -5.22. The van der Waals surface area contributed by atoms with Crippen LogP contribution in [0.5, 0.6) is 0 Å². The molecule has 0 N–H and O–H groups in total. The summed E-state index contributed by atoms with van der Waals surface area (Å²) in [6.07, 6.45) is -15.3. The maximum Gasteiger partial charge on any atom is 0.417 e. The van der Waals surface area contributed by atoms with E-state index in [2.05, 4.69) is 0 Å². The second kappa shape index (κ2) is 18.0. The fourth-order valence-electron chi connectivity index (χ4n) is 9.13. The molecule has 0 radical (unpaired) electrons. The number of benzene rings is 8. The van der Waals surface area contributed by atoms with E-state index in [0.717, 1.165) is 18.2 Å². The Bertz CT molecular complexity index is 3590. The van der Waals surface area contributed by atoms with Crippen LogP contribution in [0.1, 0.15) is 16.7 Å². The second-order valence-corrected chi connectivity index (χ2v) is 17.1. The minimum Gasteiger partial charge on any atom is -0.308 e. The fraction of sp³-hybridized carbons (Fsp3) is 0.0508. The van der Waals surface area contributed by atoms with Crippen LogP contribution < -0.4 is 0 Å². The number of alkyl halides is 9. The number of halogens is 9. The van der Waals surface area contributed by atoms with Crippen LogP contribution in [0.25, 0.3) is 106 Å². The molecule has 0 amide bonds. The highest BCUT2D eigenvalue weighted by Crippen LogP contribution is 2.47. The predicted octanol–water partition coefficient (Wildman–Crippen LogP) is 17.1. The van der Waals surface area contributed by atoms with Crippen LogP contribution in [0, 0.1) is 0 Å². The third-order valence-electron chi connectivity index (χ3n) is 12.5. The van der Waals surface area contributed by atoms with Gasteiger partial charge in [0.15, 0.2) is 11.6 Å². The summed E-state index contributed by atoms with van der Waals surface area (Å²) in [6.45, 7) is 0. The van der Waals surface area contributed by atoms with Crippen molar-refractivity contribution in [3.63, 3.8) is 0 Å². The van der Waals surface area contributed by atoms with Gasteiger partial charge in [-0.05, 0) is 59.7 Å². The van der Waals surface area contributed by atoms with E-state index in [1.807, 2.05) is 24.3 Å². The lowest BCUT2D eigenvalue weighted by molar-refractivity contribution is -0.143. The van der Waals surface area contributed by atoms with Crippen molar-refractivity contribution in [3.05, 3.63) is 223 Å². The number of hydrogen-bond acceptors (Lipinski definition) is 4. The van der Waals surface area contributed by atoms with Gasteiger partial charge in [-0.15, -0.1) is 0 Å². The quantitative estimate of drug-likeness (QED) is 0.142. The highest BCUT2D eigenvalue weighted by atomic mass is 19.4. The van der Waals surface area contributed by atoms with Gasteiger partial charge in [-0.1, -0.05) is 158 Å². The molecule has 0 aliphatic carbocycles. The van der Waals surface area contributed by atoms with Crippen LogP contribution in [0.3, 0.4) is 0 Å².